The summed E-state index contributed by atoms with van der Waals surface area (Å²) in [5.41, 5.74) is 5.27. The summed E-state index contributed by atoms with van der Waals surface area (Å²) in [6, 6.07) is 21.0. The molecule has 4 aromatic rings. The SMILES string of the molecule is O=C(c1cncs1)N(O)COc1ccc(-c2ccc(CC(O)NCc3ccccc3)nc2)cc1. The van der Waals surface area contributed by atoms with Crippen molar-refractivity contribution in [1.82, 2.24) is 20.3 Å². The van der Waals surface area contributed by atoms with Crippen molar-refractivity contribution < 1.29 is 19.8 Å². The second kappa shape index (κ2) is 11.5. The van der Waals surface area contributed by atoms with Gasteiger partial charge >= 0.3 is 0 Å². The summed E-state index contributed by atoms with van der Waals surface area (Å²) in [4.78, 5) is 20.6. The monoisotopic (exact) mass is 476 g/mol. The molecule has 2 heterocycles. The molecule has 9 heteroatoms. The third kappa shape index (κ3) is 6.46. The maximum atomic E-state index is 12.0. The Morgan fingerprint density at radius 1 is 1.03 bits per heavy atom. The predicted octanol–water partition coefficient (Wildman–Crippen LogP) is 3.72. The zero-order valence-corrected chi connectivity index (χ0v) is 19.1. The van der Waals surface area contributed by atoms with E-state index in [1.165, 1.54) is 11.7 Å². The Bertz CT molecular complexity index is 1170. The van der Waals surface area contributed by atoms with Gasteiger partial charge in [0.25, 0.3) is 5.91 Å². The van der Waals surface area contributed by atoms with Crippen LogP contribution >= 0.6 is 11.3 Å². The van der Waals surface area contributed by atoms with Gasteiger partial charge in [-0.1, -0.05) is 48.5 Å². The molecule has 0 bridgehead atoms. The van der Waals surface area contributed by atoms with E-state index in [1.54, 1.807) is 18.3 Å². The number of amides is 1. The van der Waals surface area contributed by atoms with Crippen molar-refractivity contribution in [3.8, 4) is 16.9 Å². The van der Waals surface area contributed by atoms with Crippen molar-refractivity contribution in [3.63, 3.8) is 0 Å². The lowest BCUT2D eigenvalue weighted by atomic mass is 10.1. The number of ether oxygens (including phenoxy) is 1. The lowest BCUT2D eigenvalue weighted by Gasteiger charge is -2.15. The van der Waals surface area contributed by atoms with Crippen LogP contribution in [0.5, 0.6) is 5.75 Å². The van der Waals surface area contributed by atoms with E-state index >= 15 is 0 Å². The molecular weight excluding hydrogens is 452 g/mol. The summed E-state index contributed by atoms with van der Waals surface area (Å²) in [5.74, 6) is -0.0530. The van der Waals surface area contributed by atoms with Gasteiger partial charge in [-0.25, -0.2) is 0 Å². The first kappa shape index (κ1) is 23.5. The van der Waals surface area contributed by atoms with Gasteiger partial charge in [0.05, 0.1) is 11.7 Å². The molecule has 4 rings (SSSR count). The van der Waals surface area contributed by atoms with E-state index in [2.05, 4.69) is 15.3 Å². The van der Waals surface area contributed by atoms with Gasteiger partial charge in [-0.2, -0.15) is 5.06 Å². The van der Waals surface area contributed by atoms with Crippen molar-refractivity contribution in [1.29, 1.82) is 0 Å². The molecule has 0 saturated heterocycles. The van der Waals surface area contributed by atoms with E-state index in [0.29, 0.717) is 28.7 Å². The van der Waals surface area contributed by atoms with E-state index in [-0.39, 0.29) is 6.73 Å². The fourth-order valence-electron chi connectivity index (χ4n) is 3.20. The number of carbonyl (C=O) groups excluding carboxylic acids is 1. The minimum Gasteiger partial charge on any atom is -0.471 e. The summed E-state index contributed by atoms with van der Waals surface area (Å²) in [5, 5.41) is 23.7. The van der Waals surface area contributed by atoms with Gasteiger partial charge < -0.3 is 9.84 Å². The number of nitrogens with one attached hydrogen (secondary N) is 1. The normalized spacial score (nSPS) is 11.7. The van der Waals surface area contributed by atoms with Gasteiger partial charge in [-0.15, -0.1) is 11.3 Å². The van der Waals surface area contributed by atoms with Crippen LogP contribution in [0.3, 0.4) is 0 Å². The van der Waals surface area contributed by atoms with Gasteiger partial charge in [0.1, 0.15) is 16.9 Å². The molecule has 0 aliphatic rings. The lowest BCUT2D eigenvalue weighted by Crippen LogP contribution is -2.30. The van der Waals surface area contributed by atoms with Gasteiger partial charge in [0, 0.05) is 30.4 Å². The molecule has 2 aromatic heterocycles. The Labute approximate surface area is 201 Å². The van der Waals surface area contributed by atoms with E-state index in [1.807, 2.05) is 54.6 Å². The van der Waals surface area contributed by atoms with E-state index in [9.17, 15) is 15.1 Å². The first-order chi connectivity index (χ1) is 16.6. The number of benzene rings is 2. The molecular formula is C25H24N4O4S. The Morgan fingerprint density at radius 3 is 2.47 bits per heavy atom. The summed E-state index contributed by atoms with van der Waals surface area (Å²) in [6.45, 7) is 0.287. The van der Waals surface area contributed by atoms with Crippen LogP contribution in [0.25, 0.3) is 11.1 Å². The van der Waals surface area contributed by atoms with E-state index in [0.717, 1.165) is 33.7 Å². The largest absolute Gasteiger partial charge is 0.471 e. The highest BCUT2D eigenvalue weighted by Gasteiger charge is 2.15. The molecule has 3 N–H and O–H groups in total. The number of nitrogens with zero attached hydrogens (tertiary/aromatic N) is 3. The molecule has 0 radical (unpaired) electrons. The Hall–Kier alpha value is -3.63. The van der Waals surface area contributed by atoms with Crippen LogP contribution in [-0.2, 0) is 13.0 Å². The first-order valence-corrected chi connectivity index (χ1v) is 11.5. The zero-order chi connectivity index (χ0) is 23.8. The average molecular weight is 477 g/mol. The smallest absolute Gasteiger partial charge is 0.292 e. The summed E-state index contributed by atoms with van der Waals surface area (Å²) < 4.78 is 5.48. The predicted molar refractivity (Wildman–Crippen MR) is 128 cm³/mol. The molecule has 8 nitrogen and oxygen atoms in total. The van der Waals surface area contributed by atoms with Crippen molar-refractivity contribution >= 4 is 17.2 Å². The van der Waals surface area contributed by atoms with Crippen molar-refractivity contribution in [2.45, 2.75) is 19.2 Å². The molecule has 0 aliphatic carbocycles. The fourth-order valence-corrected chi connectivity index (χ4v) is 3.77. The topological polar surface area (TPSA) is 108 Å². The third-order valence-electron chi connectivity index (χ3n) is 5.03. The van der Waals surface area contributed by atoms with Crippen LogP contribution in [0.1, 0.15) is 20.9 Å². The van der Waals surface area contributed by atoms with E-state index < -0.39 is 12.1 Å². The number of aromatic nitrogens is 2. The fraction of sp³-hybridized carbons (Fsp3) is 0.160. The molecule has 0 saturated carbocycles. The number of pyridine rings is 1. The highest BCUT2D eigenvalue weighted by atomic mass is 32.1. The van der Waals surface area contributed by atoms with Gasteiger partial charge in [-0.3, -0.25) is 25.3 Å². The Kier molecular flexibility index (Phi) is 7.95. The number of aliphatic hydroxyl groups excluding tert-OH is 1. The molecule has 1 amide bonds. The van der Waals surface area contributed by atoms with Crippen molar-refractivity contribution in [2.75, 3.05) is 6.73 Å². The zero-order valence-electron chi connectivity index (χ0n) is 18.2. The quantitative estimate of drug-likeness (QED) is 0.182. The molecule has 174 valence electrons. The maximum absolute atomic E-state index is 12.0. The number of aliphatic hydroxyl groups is 1. The Balaban J connectivity index is 1.26. The minimum atomic E-state index is -0.691. The maximum Gasteiger partial charge on any atom is 0.292 e. The second-order valence-corrected chi connectivity index (χ2v) is 8.38. The van der Waals surface area contributed by atoms with Crippen LogP contribution < -0.4 is 10.1 Å². The first-order valence-electron chi connectivity index (χ1n) is 10.6. The van der Waals surface area contributed by atoms with Crippen molar-refractivity contribution in [3.05, 3.63) is 101 Å². The van der Waals surface area contributed by atoms with Crippen LogP contribution in [0, 0.1) is 0 Å². The second-order valence-electron chi connectivity index (χ2n) is 7.49. The summed E-state index contributed by atoms with van der Waals surface area (Å²) >= 11 is 1.14. The number of hydrogen-bond acceptors (Lipinski definition) is 8. The molecule has 0 spiro atoms. The lowest BCUT2D eigenvalue weighted by molar-refractivity contribution is -0.0968. The molecule has 0 aliphatic heterocycles. The van der Waals surface area contributed by atoms with Gasteiger partial charge in [-0.05, 0) is 29.3 Å². The summed E-state index contributed by atoms with van der Waals surface area (Å²) in [6.07, 6.45) is 2.87. The van der Waals surface area contributed by atoms with Gasteiger partial charge in [0.2, 0.25) is 0 Å². The third-order valence-corrected chi connectivity index (χ3v) is 5.79. The molecule has 34 heavy (non-hydrogen) atoms. The highest BCUT2D eigenvalue weighted by Crippen LogP contribution is 2.22. The van der Waals surface area contributed by atoms with Gasteiger partial charge in [0.15, 0.2) is 6.73 Å². The number of carbonyl (C=O) groups is 1. The molecule has 1 atom stereocenters. The average Bonchev–Trinajstić information content (AvgIpc) is 3.42. The molecule has 0 fully saturated rings. The minimum absolute atomic E-state index is 0.299. The van der Waals surface area contributed by atoms with Crippen LogP contribution in [0.4, 0.5) is 0 Å². The van der Waals surface area contributed by atoms with E-state index in [4.69, 9.17) is 4.74 Å². The Morgan fingerprint density at radius 2 is 1.79 bits per heavy atom. The summed E-state index contributed by atoms with van der Waals surface area (Å²) in [7, 11) is 0. The number of rotatable bonds is 10. The molecule has 1 unspecified atom stereocenters. The number of hydrogen-bond donors (Lipinski definition) is 3. The highest BCUT2D eigenvalue weighted by molar-refractivity contribution is 7.11. The standard InChI is InChI=1S/C25H24N4O4S/c30-24(28-13-18-4-2-1-3-5-18)12-21-9-6-20(14-27-21)19-7-10-22(11-8-19)33-17-29(32)25(31)23-15-26-16-34-23/h1-11,14-16,24,28,30,32H,12-13,17H2. The molecule has 2 aromatic carbocycles. The number of hydroxylamine groups is 2. The van der Waals surface area contributed by atoms with Crippen molar-refractivity contribution in [2.24, 2.45) is 0 Å². The van der Waals surface area contributed by atoms with Crippen LogP contribution in [0.15, 0.2) is 84.6 Å². The number of thiazole rings is 1. The van der Waals surface area contributed by atoms with Crippen LogP contribution in [-0.4, -0.2) is 44.2 Å². The van der Waals surface area contributed by atoms with Crippen LogP contribution in [0.2, 0.25) is 0 Å².